The number of amides is 1. The fraction of sp³-hybridized carbons (Fsp3) is 0.579. The molecule has 1 aliphatic heterocycles. The van der Waals surface area contributed by atoms with Gasteiger partial charge in [0.05, 0.1) is 13.2 Å². The van der Waals surface area contributed by atoms with Crippen molar-refractivity contribution in [3.8, 4) is 0 Å². The number of anilines is 2. The van der Waals surface area contributed by atoms with Crippen LogP contribution in [0, 0.1) is 5.92 Å². The minimum Gasteiger partial charge on any atom is -0.453 e. The Labute approximate surface area is 149 Å². The van der Waals surface area contributed by atoms with Crippen LogP contribution in [0.5, 0.6) is 0 Å². The minimum atomic E-state index is -0.807. The summed E-state index contributed by atoms with van der Waals surface area (Å²) in [5, 5.41) is 2.78. The van der Waals surface area contributed by atoms with Gasteiger partial charge in [0.15, 0.2) is 6.10 Å². The Morgan fingerprint density at radius 1 is 1.16 bits per heavy atom. The van der Waals surface area contributed by atoms with Crippen LogP contribution >= 0.6 is 0 Å². The van der Waals surface area contributed by atoms with E-state index < -0.39 is 6.10 Å². The van der Waals surface area contributed by atoms with Crippen molar-refractivity contribution in [3.05, 3.63) is 24.3 Å². The van der Waals surface area contributed by atoms with E-state index in [-0.39, 0.29) is 11.9 Å². The Morgan fingerprint density at radius 2 is 1.80 bits per heavy atom. The Kier molecular flexibility index (Phi) is 7.25. The highest BCUT2D eigenvalue weighted by Crippen LogP contribution is 2.19. The van der Waals surface area contributed by atoms with Crippen LogP contribution in [0.4, 0.5) is 11.4 Å². The van der Waals surface area contributed by atoms with Crippen LogP contribution in [0.25, 0.3) is 0 Å². The molecule has 1 aliphatic rings. The lowest BCUT2D eigenvalue weighted by Crippen LogP contribution is -2.36. The minimum absolute atomic E-state index is 0.322. The number of ether oxygens (including phenoxy) is 2. The first-order valence-electron chi connectivity index (χ1n) is 8.89. The summed E-state index contributed by atoms with van der Waals surface area (Å²) in [6, 6.07) is 7.66. The Balaban J connectivity index is 1.81. The Bertz CT molecular complexity index is 565. The standard InChI is InChI=1S/C19H28N2O4/c1-14(2)4-9-18(22)25-15(3)19(23)20-16-5-7-17(8-6-16)21-10-12-24-13-11-21/h5-8,14-15H,4,9-13H2,1-3H3,(H,20,23). The number of hydrogen-bond acceptors (Lipinski definition) is 5. The number of morpholine rings is 1. The highest BCUT2D eigenvalue weighted by atomic mass is 16.5. The smallest absolute Gasteiger partial charge is 0.306 e. The predicted molar refractivity (Wildman–Crippen MR) is 97.7 cm³/mol. The summed E-state index contributed by atoms with van der Waals surface area (Å²) in [6.07, 6.45) is 0.290. The molecule has 0 spiro atoms. The normalized spacial score (nSPS) is 15.8. The van der Waals surface area contributed by atoms with Gasteiger partial charge in [0.2, 0.25) is 0 Å². The van der Waals surface area contributed by atoms with Crippen LogP contribution in [0.3, 0.4) is 0 Å². The van der Waals surface area contributed by atoms with Gasteiger partial charge in [-0.2, -0.15) is 0 Å². The summed E-state index contributed by atoms with van der Waals surface area (Å²) >= 11 is 0. The van der Waals surface area contributed by atoms with E-state index in [1.54, 1.807) is 6.92 Å². The zero-order valence-electron chi connectivity index (χ0n) is 15.3. The Morgan fingerprint density at radius 3 is 2.40 bits per heavy atom. The highest BCUT2D eigenvalue weighted by Gasteiger charge is 2.18. The molecule has 1 saturated heterocycles. The van der Waals surface area contributed by atoms with Gasteiger partial charge >= 0.3 is 5.97 Å². The van der Waals surface area contributed by atoms with Crippen molar-refractivity contribution in [3.63, 3.8) is 0 Å². The summed E-state index contributed by atoms with van der Waals surface area (Å²) in [6.45, 7) is 8.89. The van der Waals surface area contributed by atoms with Crippen LogP contribution in [-0.4, -0.2) is 44.3 Å². The zero-order valence-corrected chi connectivity index (χ0v) is 15.3. The third-order valence-corrected chi connectivity index (χ3v) is 4.11. The van der Waals surface area contributed by atoms with Crippen molar-refractivity contribution in [1.82, 2.24) is 0 Å². The second-order valence-electron chi connectivity index (χ2n) is 6.70. The monoisotopic (exact) mass is 348 g/mol. The largest absolute Gasteiger partial charge is 0.453 e. The van der Waals surface area contributed by atoms with E-state index in [1.807, 2.05) is 38.1 Å². The van der Waals surface area contributed by atoms with Crippen molar-refractivity contribution in [2.75, 3.05) is 36.5 Å². The maximum Gasteiger partial charge on any atom is 0.306 e. The fourth-order valence-electron chi connectivity index (χ4n) is 2.54. The highest BCUT2D eigenvalue weighted by molar-refractivity contribution is 5.95. The molecule has 1 fully saturated rings. The first-order chi connectivity index (χ1) is 12.0. The molecule has 1 N–H and O–H groups in total. The molecule has 0 bridgehead atoms. The number of hydrogen-bond donors (Lipinski definition) is 1. The van der Waals surface area contributed by atoms with Gasteiger partial charge in [0.1, 0.15) is 0 Å². The molecule has 6 nitrogen and oxygen atoms in total. The lowest BCUT2D eigenvalue weighted by Gasteiger charge is -2.28. The number of carbonyl (C=O) groups is 2. The molecule has 6 heteroatoms. The molecule has 1 atom stereocenters. The SMILES string of the molecule is CC(C)CCC(=O)OC(C)C(=O)Nc1ccc(N2CCOCC2)cc1. The first kappa shape index (κ1) is 19.2. The van der Waals surface area contributed by atoms with Gasteiger partial charge in [-0.25, -0.2) is 0 Å². The zero-order chi connectivity index (χ0) is 18.2. The number of carbonyl (C=O) groups excluding carboxylic acids is 2. The average molecular weight is 348 g/mol. The van der Waals surface area contributed by atoms with Gasteiger partial charge in [-0.3, -0.25) is 9.59 Å². The van der Waals surface area contributed by atoms with Crippen LogP contribution < -0.4 is 10.2 Å². The van der Waals surface area contributed by atoms with E-state index in [9.17, 15) is 9.59 Å². The average Bonchev–Trinajstić information content (AvgIpc) is 2.61. The summed E-state index contributed by atoms with van der Waals surface area (Å²) in [5.74, 6) is -0.224. The lowest BCUT2D eigenvalue weighted by atomic mass is 10.1. The van der Waals surface area contributed by atoms with E-state index in [2.05, 4.69) is 10.2 Å². The molecular weight excluding hydrogens is 320 g/mol. The van der Waals surface area contributed by atoms with Crippen LogP contribution in [-0.2, 0) is 19.1 Å². The maximum atomic E-state index is 12.2. The van der Waals surface area contributed by atoms with E-state index >= 15 is 0 Å². The summed E-state index contributed by atoms with van der Waals surface area (Å²) in [5.41, 5.74) is 1.79. The van der Waals surface area contributed by atoms with Gasteiger partial charge in [-0.1, -0.05) is 13.8 Å². The third-order valence-electron chi connectivity index (χ3n) is 4.11. The Hall–Kier alpha value is -2.08. The number of nitrogens with zero attached hydrogens (tertiary/aromatic N) is 1. The van der Waals surface area contributed by atoms with Crippen LogP contribution in [0.15, 0.2) is 24.3 Å². The van der Waals surface area contributed by atoms with Gasteiger partial charge in [0.25, 0.3) is 5.91 Å². The molecular formula is C19H28N2O4. The van der Waals surface area contributed by atoms with E-state index in [4.69, 9.17) is 9.47 Å². The number of rotatable bonds is 7. The molecule has 1 aromatic rings. The molecule has 0 saturated carbocycles. The molecule has 25 heavy (non-hydrogen) atoms. The lowest BCUT2D eigenvalue weighted by molar-refractivity contribution is -0.153. The maximum absolute atomic E-state index is 12.2. The van der Waals surface area contributed by atoms with E-state index in [1.165, 1.54) is 0 Å². The van der Waals surface area contributed by atoms with Gasteiger partial charge < -0.3 is 19.7 Å². The quantitative estimate of drug-likeness (QED) is 0.768. The van der Waals surface area contributed by atoms with Crippen molar-refractivity contribution in [2.45, 2.75) is 39.7 Å². The second kappa shape index (κ2) is 9.42. The van der Waals surface area contributed by atoms with Crippen molar-refractivity contribution >= 4 is 23.3 Å². The first-order valence-corrected chi connectivity index (χ1v) is 8.89. The van der Waals surface area contributed by atoms with Gasteiger partial charge in [-0.05, 0) is 43.5 Å². The molecule has 1 unspecified atom stereocenters. The van der Waals surface area contributed by atoms with Gasteiger partial charge in [-0.15, -0.1) is 0 Å². The van der Waals surface area contributed by atoms with Crippen molar-refractivity contribution in [1.29, 1.82) is 0 Å². The molecule has 0 radical (unpaired) electrons. The second-order valence-corrected chi connectivity index (χ2v) is 6.70. The topological polar surface area (TPSA) is 67.9 Å². The summed E-state index contributed by atoms with van der Waals surface area (Å²) in [4.78, 5) is 26.1. The summed E-state index contributed by atoms with van der Waals surface area (Å²) < 4.78 is 10.5. The number of benzene rings is 1. The molecule has 0 aliphatic carbocycles. The van der Waals surface area contributed by atoms with E-state index in [0.29, 0.717) is 18.0 Å². The molecule has 2 rings (SSSR count). The van der Waals surface area contributed by atoms with Crippen molar-refractivity contribution < 1.29 is 19.1 Å². The third kappa shape index (κ3) is 6.38. The van der Waals surface area contributed by atoms with Gasteiger partial charge in [0, 0.05) is 30.9 Å². The molecule has 0 aromatic heterocycles. The number of esters is 1. The molecule has 138 valence electrons. The predicted octanol–water partition coefficient (Wildman–Crippen LogP) is 2.83. The van der Waals surface area contributed by atoms with E-state index in [0.717, 1.165) is 38.4 Å². The van der Waals surface area contributed by atoms with Crippen LogP contribution in [0.2, 0.25) is 0 Å². The fourth-order valence-corrected chi connectivity index (χ4v) is 2.54. The van der Waals surface area contributed by atoms with Crippen molar-refractivity contribution in [2.24, 2.45) is 5.92 Å². The molecule has 1 aromatic carbocycles. The number of nitrogens with one attached hydrogen (secondary N) is 1. The molecule has 1 amide bonds. The molecule has 1 heterocycles. The summed E-state index contributed by atoms with van der Waals surface area (Å²) in [7, 11) is 0. The van der Waals surface area contributed by atoms with Crippen LogP contribution in [0.1, 0.15) is 33.6 Å².